The first-order valence-electron chi connectivity index (χ1n) is 37.0. The van der Waals surface area contributed by atoms with Crippen LogP contribution in [0.25, 0.3) is 0 Å². The zero-order chi connectivity index (χ0) is 66.5. The van der Waals surface area contributed by atoms with Crippen molar-refractivity contribution >= 4 is 39.5 Å². The Balaban J connectivity index is 5.25. The van der Waals surface area contributed by atoms with Gasteiger partial charge in [0, 0.05) is 25.7 Å². The molecule has 3 N–H and O–H groups in total. The summed E-state index contributed by atoms with van der Waals surface area (Å²) in [6.07, 6.45) is 48.4. The molecule has 0 heterocycles. The molecule has 0 amide bonds. The van der Waals surface area contributed by atoms with Gasteiger partial charge >= 0.3 is 39.5 Å². The van der Waals surface area contributed by atoms with Crippen LogP contribution in [0.2, 0.25) is 0 Å². The molecule has 19 heteroatoms. The molecule has 0 aromatic carbocycles. The van der Waals surface area contributed by atoms with E-state index in [1.54, 1.807) is 0 Å². The number of aliphatic hydroxyl groups excluding tert-OH is 1. The predicted molar refractivity (Wildman–Crippen MR) is 363 cm³/mol. The van der Waals surface area contributed by atoms with Crippen LogP contribution in [-0.4, -0.2) is 96.7 Å². The Hall–Kier alpha value is -1.94. The third-order valence-corrected chi connectivity index (χ3v) is 18.4. The van der Waals surface area contributed by atoms with E-state index in [0.29, 0.717) is 25.7 Å². The number of hydrogen-bond acceptors (Lipinski definition) is 15. The average molecular weight is 1330 g/mol. The number of esters is 4. The van der Waals surface area contributed by atoms with Crippen molar-refractivity contribution < 1.29 is 80.2 Å². The van der Waals surface area contributed by atoms with Gasteiger partial charge in [-0.25, -0.2) is 9.13 Å². The summed E-state index contributed by atoms with van der Waals surface area (Å²) in [5.41, 5.74) is 0. The Morgan fingerprint density at radius 2 is 0.511 bits per heavy atom. The topological polar surface area (TPSA) is 237 Å². The Morgan fingerprint density at radius 1 is 0.300 bits per heavy atom. The first-order chi connectivity index (χ1) is 43.4. The summed E-state index contributed by atoms with van der Waals surface area (Å²) in [5.74, 6) is -0.600. The van der Waals surface area contributed by atoms with Crippen LogP contribution in [0, 0.1) is 11.8 Å². The lowest BCUT2D eigenvalue weighted by Crippen LogP contribution is -2.30. The Morgan fingerprint density at radius 3 is 0.756 bits per heavy atom. The predicted octanol–water partition coefficient (Wildman–Crippen LogP) is 20.4. The molecule has 0 bridgehead atoms. The van der Waals surface area contributed by atoms with Gasteiger partial charge in [-0.2, -0.15) is 0 Å². The zero-order valence-electron chi connectivity index (χ0n) is 58.4. The van der Waals surface area contributed by atoms with Crippen LogP contribution in [-0.2, 0) is 65.4 Å². The van der Waals surface area contributed by atoms with E-state index < -0.39 is 97.5 Å². The van der Waals surface area contributed by atoms with Crippen molar-refractivity contribution in [3.63, 3.8) is 0 Å². The van der Waals surface area contributed by atoms with Crippen LogP contribution in [0.4, 0.5) is 0 Å². The normalized spacial score (nSPS) is 14.1. The van der Waals surface area contributed by atoms with Gasteiger partial charge in [0.15, 0.2) is 12.2 Å². The standard InChI is InChI=1S/C71H138O17P2/c1-7-9-11-13-15-17-19-24-30-37-43-49-55-70(75)87-66(59-81-68(73)53-47-41-35-29-22-18-16-14-12-10-8-2)61-85-89(77,78)83-57-65(72)58-84-90(79,80)86-62-67(60-82-69(74)54-48-42-36-32-26-28-34-40-46-52-64(5)6)88-71(76)56-50-44-38-31-25-21-20-23-27-33-39-45-51-63(3)4/h63-67,72H,7-62H2,1-6H3,(H,77,78)(H,79,80)/t65-,66+,67+/m0/s1. The highest BCUT2D eigenvalue weighted by Crippen LogP contribution is 2.45. The molecule has 0 aromatic heterocycles. The summed E-state index contributed by atoms with van der Waals surface area (Å²) in [6.45, 7) is 9.55. The van der Waals surface area contributed by atoms with Crippen LogP contribution >= 0.6 is 15.6 Å². The highest BCUT2D eigenvalue weighted by Gasteiger charge is 2.30. The summed E-state index contributed by atoms with van der Waals surface area (Å²) in [7, 11) is -9.90. The summed E-state index contributed by atoms with van der Waals surface area (Å²) < 4.78 is 68.3. The molecule has 2 unspecified atom stereocenters. The van der Waals surface area contributed by atoms with Gasteiger partial charge in [-0.15, -0.1) is 0 Å². The van der Waals surface area contributed by atoms with Gasteiger partial charge in [0.05, 0.1) is 26.4 Å². The fraction of sp³-hybridized carbons (Fsp3) is 0.944. The van der Waals surface area contributed by atoms with E-state index >= 15 is 0 Å². The Kier molecular flexibility index (Phi) is 61.8. The van der Waals surface area contributed by atoms with Crippen molar-refractivity contribution in [3.8, 4) is 0 Å². The maximum absolute atomic E-state index is 13.0. The third-order valence-electron chi connectivity index (χ3n) is 16.5. The molecule has 90 heavy (non-hydrogen) atoms. The minimum absolute atomic E-state index is 0.107. The molecule has 0 aromatic rings. The van der Waals surface area contributed by atoms with E-state index in [1.165, 1.54) is 180 Å². The van der Waals surface area contributed by atoms with Gasteiger partial charge in [0.1, 0.15) is 19.3 Å². The second-order valence-corrected chi connectivity index (χ2v) is 29.5. The molecule has 534 valence electrons. The number of phosphoric acid groups is 2. The van der Waals surface area contributed by atoms with Gasteiger partial charge in [0.2, 0.25) is 0 Å². The van der Waals surface area contributed by atoms with Crippen molar-refractivity contribution in [1.82, 2.24) is 0 Å². The van der Waals surface area contributed by atoms with Crippen LogP contribution in [0.3, 0.4) is 0 Å². The lowest BCUT2D eigenvalue weighted by atomic mass is 10.0. The van der Waals surface area contributed by atoms with Crippen molar-refractivity contribution in [2.45, 2.75) is 381 Å². The number of hydrogen-bond donors (Lipinski definition) is 3. The first kappa shape index (κ1) is 88.1. The summed E-state index contributed by atoms with van der Waals surface area (Å²) >= 11 is 0. The van der Waals surface area contributed by atoms with E-state index in [9.17, 15) is 43.2 Å². The Bertz CT molecular complexity index is 1750. The van der Waals surface area contributed by atoms with E-state index in [0.717, 1.165) is 102 Å². The van der Waals surface area contributed by atoms with E-state index in [4.69, 9.17) is 37.0 Å². The van der Waals surface area contributed by atoms with Gasteiger partial charge < -0.3 is 33.8 Å². The smallest absolute Gasteiger partial charge is 0.462 e. The SMILES string of the molecule is CCCCCCCCCCCCCCC(=O)O[C@H](COC(=O)CCCCCCCCCCCCC)COP(=O)(O)OC[C@H](O)COP(=O)(O)OC[C@@H](COC(=O)CCCCCCCCCCCC(C)C)OC(=O)CCCCCCCCCCCCCCC(C)C. The van der Waals surface area contributed by atoms with Crippen molar-refractivity contribution in [2.75, 3.05) is 39.6 Å². The third kappa shape index (κ3) is 64.8. The first-order valence-corrected chi connectivity index (χ1v) is 40.0. The van der Waals surface area contributed by atoms with Crippen molar-refractivity contribution in [3.05, 3.63) is 0 Å². The molecule has 0 aliphatic heterocycles. The number of aliphatic hydroxyl groups is 1. The van der Waals surface area contributed by atoms with Gasteiger partial charge in [-0.1, -0.05) is 311 Å². The lowest BCUT2D eigenvalue weighted by molar-refractivity contribution is -0.161. The monoisotopic (exact) mass is 1320 g/mol. The molecule has 0 spiro atoms. The quantitative estimate of drug-likeness (QED) is 0.0222. The number of rotatable bonds is 70. The summed E-state index contributed by atoms with van der Waals surface area (Å²) in [4.78, 5) is 72.6. The van der Waals surface area contributed by atoms with E-state index in [1.807, 2.05) is 0 Å². The number of ether oxygens (including phenoxy) is 4. The molecule has 5 atom stereocenters. The van der Waals surface area contributed by atoms with Crippen LogP contribution in [0.15, 0.2) is 0 Å². The maximum atomic E-state index is 13.0. The van der Waals surface area contributed by atoms with Crippen molar-refractivity contribution in [2.24, 2.45) is 11.8 Å². The van der Waals surface area contributed by atoms with Gasteiger partial charge in [-0.05, 0) is 37.5 Å². The molecule has 0 saturated carbocycles. The average Bonchev–Trinajstić information content (AvgIpc) is 3.72. The van der Waals surface area contributed by atoms with E-state index in [-0.39, 0.29) is 25.7 Å². The van der Waals surface area contributed by atoms with Gasteiger partial charge in [0.25, 0.3) is 0 Å². The number of carbonyl (C=O) groups excluding carboxylic acids is 4. The molecular weight excluding hydrogens is 1190 g/mol. The molecule has 0 saturated heterocycles. The molecule has 0 aliphatic carbocycles. The molecule has 0 radical (unpaired) electrons. The van der Waals surface area contributed by atoms with Crippen LogP contribution in [0.1, 0.15) is 363 Å². The molecule has 0 fully saturated rings. The fourth-order valence-corrected chi connectivity index (χ4v) is 12.3. The molecule has 0 rings (SSSR count). The molecule has 0 aliphatic rings. The van der Waals surface area contributed by atoms with E-state index in [2.05, 4.69) is 41.5 Å². The lowest BCUT2D eigenvalue weighted by Gasteiger charge is -2.21. The molecule has 17 nitrogen and oxygen atoms in total. The summed E-state index contributed by atoms with van der Waals surface area (Å²) in [6, 6.07) is 0. The minimum atomic E-state index is -4.95. The van der Waals surface area contributed by atoms with Crippen LogP contribution < -0.4 is 0 Å². The largest absolute Gasteiger partial charge is 0.472 e. The van der Waals surface area contributed by atoms with Gasteiger partial charge in [-0.3, -0.25) is 37.3 Å². The number of carbonyl (C=O) groups is 4. The minimum Gasteiger partial charge on any atom is -0.462 e. The second kappa shape index (κ2) is 63.1. The maximum Gasteiger partial charge on any atom is 0.472 e. The molecular formula is C71H138O17P2. The fourth-order valence-electron chi connectivity index (χ4n) is 10.8. The Labute approximate surface area is 549 Å². The van der Waals surface area contributed by atoms with Crippen molar-refractivity contribution in [1.29, 1.82) is 0 Å². The highest BCUT2D eigenvalue weighted by molar-refractivity contribution is 7.47. The second-order valence-electron chi connectivity index (χ2n) is 26.6. The summed E-state index contributed by atoms with van der Waals surface area (Å²) in [5, 5.41) is 10.6. The zero-order valence-corrected chi connectivity index (χ0v) is 60.2. The number of phosphoric ester groups is 2. The highest BCUT2D eigenvalue weighted by atomic mass is 31.2. The van der Waals surface area contributed by atoms with Crippen LogP contribution in [0.5, 0.6) is 0 Å². The number of unbranched alkanes of at least 4 members (excludes halogenated alkanes) is 40.